The first kappa shape index (κ1) is 13.2. The van der Waals surface area contributed by atoms with E-state index in [1.165, 1.54) is 12.8 Å². The third kappa shape index (κ3) is 2.78. The van der Waals surface area contributed by atoms with Crippen molar-refractivity contribution in [1.82, 2.24) is 0 Å². The quantitative estimate of drug-likeness (QED) is 0.807. The first-order valence-corrected chi connectivity index (χ1v) is 6.71. The van der Waals surface area contributed by atoms with Crippen LogP contribution in [0.25, 0.3) is 0 Å². The smallest absolute Gasteiger partial charge is 0.118 e. The molecular formula is C15H23NO2. The number of phenolic OH excluding ortho intramolecular Hbond substituents is 1. The van der Waals surface area contributed by atoms with Gasteiger partial charge in [0, 0.05) is 12.8 Å². The van der Waals surface area contributed by atoms with Gasteiger partial charge in [0.1, 0.15) is 5.75 Å². The maximum atomic E-state index is 9.68. The second kappa shape index (κ2) is 5.61. The molecule has 2 rings (SSSR count). The molecule has 3 nitrogen and oxygen atoms in total. The van der Waals surface area contributed by atoms with Crippen LogP contribution in [0.5, 0.6) is 5.75 Å². The Balaban J connectivity index is 2.15. The molecule has 0 bridgehead atoms. The van der Waals surface area contributed by atoms with Gasteiger partial charge in [0.05, 0.1) is 12.1 Å². The van der Waals surface area contributed by atoms with E-state index in [0.717, 1.165) is 29.7 Å². The Morgan fingerprint density at radius 3 is 2.61 bits per heavy atom. The highest BCUT2D eigenvalue weighted by Gasteiger charge is 2.25. The van der Waals surface area contributed by atoms with E-state index in [0.29, 0.717) is 17.9 Å². The number of aromatic hydroxyl groups is 1. The number of rotatable bonds is 3. The zero-order chi connectivity index (χ0) is 13.1. The van der Waals surface area contributed by atoms with Crippen LogP contribution in [0.3, 0.4) is 0 Å². The number of aryl methyl sites for hydroxylation is 2. The SMILES string of the molecule is COC1CCCCC1Nc1cc(C)c(O)cc1C. The summed E-state index contributed by atoms with van der Waals surface area (Å²) in [5.41, 5.74) is 3.10. The molecule has 100 valence electrons. The molecule has 3 heteroatoms. The molecule has 1 aromatic carbocycles. The first-order valence-electron chi connectivity index (χ1n) is 6.71. The molecule has 0 aliphatic heterocycles. The average Bonchev–Trinajstić information content (AvgIpc) is 2.36. The number of benzene rings is 1. The maximum absolute atomic E-state index is 9.68. The predicted molar refractivity (Wildman–Crippen MR) is 74.3 cm³/mol. The Bertz CT molecular complexity index is 417. The van der Waals surface area contributed by atoms with E-state index < -0.39 is 0 Å². The zero-order valence-electron chi connectivity index (χ0n) is 11.5. The van der Waals surface area contributed by atoms with Gasteiger partial charge in [-0.3, -0.25) is 0 Å². The Hall–Kier alpha value is -1.22. The molecule has 2 N–H and O–H groups in total. The molecular weight excluding hydrogens is 226 g/mol. The molecule has 0 saturated heterocycles. The molecule has 0 spiro atoms. The Morgan fingerprint density at radius 2 is 1.89 bits per heavy atom. The molecule has 18 heavy (non-hydrogen) atoms. The number of phenols is 1. The van der Waals surface area contributed by atoms with E-state index >= 15 is 0 Å². The largest absolute Gasteiger partial charge is 0.508 e. The summed E-state index contributed by atoms with van der Waals surface area (Å²) >= 11 is 0. The maximum Gasteiger partial charge on any atom is 0.118 e. The molecule has 1 aliphatic carbocycles. The van der Waals surface area contributed by atoms with Crippen LogP contribution in [0, 0.1) is 13.8 Å². The minimum atomic E-state index is 0.298. The molecule has 1 aromatic rings. The summed E-state index contributed by atoms with van der Waals surface area (Å²) in [4.78, 5) is 0. The second-order valence-corrected chi connectivity index (χ2v) is 5.26. The van der Waals surface area contributed by atoms with Crippen molar-refractivity contribution in [2.24, 2.45) is 0 Å². The highest BCUT2D eigenvalue weighted by Crippen LogP contribution is 2.29. The number of nitrogens with one attached hydrogen (secondary N) is 1. The lowest BCUT2D eigenvalue weighted by Crippen LogP contribution is -2.37. The van der Waals surface area contributed by atoms with Crippen molar-refractivity contribution in [2.45, 2.75) is 51.7 Å². The van der Waals surface area contributed by atoms with Crippen molar-refractivity contribution < 1.29 is 9.84 Å². The van der Waals surface area contributed by atoms with Crippen molar-refractivity contribution in [3.8, 4) is 5.75 Å². The van der Waals surface area contributed by atoms with Crippen LogP contribution >= 0.6 is 0 Å². The Kier molecular flexibility index (Phi) is 4.12. The van der Waals surface area contributed by atoms with Gasteiger partial charge in [-0.25, -0.2) is 0 Å². The first-order chi connectivity index (χ1) is 8.61. The number of hydrogen-bond donors (Lipinski definition) is 2. The second-order valence-electron chi connectivity index (χ2n) is 5.26. The van der Waals surface area contributed by atoms with Crippen LogP contribution in [0.2, 0.25) is 0 Å². The predicted octanol–water partition coefficient (Wildman–Crippen LogP) is 3.38. The Labute approximate surface area is 109 Å². The van der Waals surface area contributed by atoms with Crippen LogP contribution in [0.4, 0.5) is 5.69 Å². The van der Waals surface area contributed by atoms with Crippen molar-refractivity contribution in [3.63, 3.8) is 0 Å². The van der Waals surface area contributed by atoms with Gasteiger partial charge in [0.25, 0.3) is 0 Å². The monoisotopic (exact) mass is 249 g/mol. The number of methoxy groups -OCH3 is 1. The minimum Gasteiger partial charge on any atom is -0.508 e. The van der Waals surface area contributed by atoms with Gasteiger partial charge in [0.15, 0.2) is 0 Å². The van der Waals surface area contributed by atoms with E-state index in [1.54, 1.807) is 7.11 Å². The number of ether oxygens (including phenoxy) is 1. The summed E-state index contributed by atoms with van der Waals surface area (Å²) < 4.78 is 5.56. The van der Waals surface area contributed by atoms with E-state index in [-0.39, 0.29) is 0 Å². The molecule has 2 unspecified atom stereocenters. The van der Waals surface area contributed by atoms with Gasteiger partial charge >= 0.3 is 0 Å². The van der Waals surface area contributed by atoms with Crippen molar-refractivity contribution in [2.75, 3.05) is 12.4 Å². The average molecular weight is 249 g/mol. The van der Waals surface area contributed by atoms with E-state index in [4.69, 9.17) is 4.74 Å². The van der Waals surface area contributed by atoms with Crippen molar-refractivity contribution in [3.05, 3.63) is 23.3 Å². The van der Waals surface area contributed by atoms with Gasteiger partial charge in [-0.05, 0) is 49.9 Å². The van der Waals surface area contributed by atoms with Crippen LogP contribution in [-0.4, -0.2) is 24.4 Å². The minimum absolute atomic E-state index is 0.298. The van der Waals surface area contributed by atoms with Gasteiger partial charge in [0.2, 0.25) is 0 Å². The normalized spacial score (nSPS) is 23.9. The van der Waals surface area contributed by atoms with Crippen molar-refractivity contribution in [1.29, 1.82) is 0 Å². The summed E-state index contributed by atoms with van der Waals surface area (Å²) in [7, 11) is 1.79. The zero-order valence-corrected chi connectivity index (χ0v) is 11.5. The van der Waals surface area contributed by atoms with Gasteiger partial charge in [-0.15, -0.1) is 0 Å². The fourth-order valence-electron chi connectivity index (χ4n) is 2.70. The summed E-state index contributed by atoms with van der Waals surface area (Å²) in [6.07, 6.45) is 5.09. The highest BCUT2D eigenvalue weighted by atomic mass is 16.5. The summed E-state index contributed by atoms with van der Waals surface area (Å²) in [5.74, 6) is 0.366. The van der Waals surface area contributed by atoms with Gasteiger partial charge < -0.3 is 15.2 Å². The third-order valence-corrected chi connectivity index (χ3v) is 3.89. The number of hydrogen-bond acceptors (Lipinski definition) is 3. The standard InChI is InChI=1S/C15H23NO2/c1-10-9-14(17)11(2)8-13(10)16-12-6-4-5-7-15(12)18-3/h8-9,12,15-17H,4-7H2,1-3H3. The highest BCUT2D eigenvalue weighted by molar-refractivity contribution is 5.57. The molecule has 1 fully saturated rings. The molecule has 1 aliphatic rings. The van der Waals surface area contributed by atoms with Crippen LogP contribution < -0.4 is 5.32 Å². The van der Waals surface area contributed by atoms with E-state index in [9.17, 15) is 5.11 Å². The van der Waals surface area contributed by atoms with Crippen LogP contribution in [0.1, 0.15) is 36.8 Å². The molecule has 0 heterocycles. The summed E-state index contributed by atoms with van der Waals surface area (Å²) in [5, 5.41) is 13.3. The van der Waals surface area contributed by atoms with Gasteiger partial charge in [-0.2, -0.15) is 0 Å². The lowest BCUT2D eigenvalue weighted by atomic mass is 9.92. The molecule has 1 saturated carbocycles. The number of anilines is 1. The van der Waals surface area contributed by atoms with Gasteiger partial charge in [-0.1, -0.05) is 12.8 Å². The third-order valence-electron chi connectivity index (χ3n) is 3.89. The molecule has 0 radical (unpaired) electrons. The van der Waals surface area contributed by atoms with E-state index in [1.807, 2.05) is 26.0 Å². The lowest BCUT2D eigenvalue weighted by Gasteiger charge is -2.32. The Morgan fingerprint density at radius 1 is 1.17 bits per heavy atom. The van der Waals surface area contributed by atoms with Crippen molar-refractivity contribution >= 4 is 5.69 Å². The van der Waals surface area contributed by atoms with Crippen LogP contribution in [-0.2, 0) is 4.74 Å². The summed E-state index contributed by atoms with van der Waals surface area (Å²) in [6.45, 7) is 3.95. The summed E-state index contributed by atoms with van der Waals surface area (Å²) in [6, 6.07) is 4.22. The fourth-order valence-corrected chi connectivity index (χ4v) is 2.70. The lowest BCUT2D eigenvalue weighted by molar-refractivity contribution is 0.0606. The fraction of sp³-hybridized carbons (Fsp3) is 0.600. The molecule has 2 atom stereocenters. The van der Waals surface area contributed by atoms with Crippen LogP contribution in [0.15, 0.2) is 12.1 Å². The topological polar surface area (TPSA) is 41.5 Å². The molecule has 0 amide bonds. The molecule has 0 aromatic heterocycles. The van der Waals surface area contributed by atoms with E-state index in [2.05, 4.69) is 5.32 Å².